The number of rotatable bonds is 4. The summed E-state index contributed by atoms with van der Waals surface area (Å²) < 4.78 is 6.86. The molecule has 2 atom stereocenters. The molecule has 1 saturated carbocycles. The first-order chi connectivity index (χ1) is 8.53. The van der Waals surface area contributed by atoms with E-state index in [-0.39, 0.29) is 0 Å². The van der Waals surface area contributed by atoms with E-state index in [0.717, 1.165) is 23.3 Å². The van der Waals surface area contributed by atoms with Gasteiger partial charge in [-0.2, -0.15) is 0 Å². The predicted octanol–water partition coefficient (Wildman–Crippen LogP) is 4.56. The van der Waals surface area contributed by atoms with Crippen molar-refractivity contribution >= 4 is 15.9 Å². The lowest BCUT2D eigenvalue weighted by molar-refractivity contribution is 0.146. The molecule has 102 valence electrons. The van der Waals surface area contributed by atoms with E-state index in [0.29, 0.717) is 17.3 Å². The molecule has 1 aromatic heterocycles. The second-order valence-corrected chi connectivity index (χ2v) is 7.07. The highest BCUT2D eigenvalue weighted by molar-refractivity contribution is 9.10. The minimum atomic E-state index is 0.430. The van der Waals surface area contributed by atoms with Crippen molar-refractivity contribution in [1.82, 2.24) is 5.32 Å². The molecule has 0 radical (unpaired) electrons. The van der Waals surface area contributed by atoms with Crippen molar-refractivity contribution in [3.63, 3.8) is 0 Å². The molecule has 1 aliphatic carbocycles. The normalized spacial score (nSPS) is 27.3. The van der Waals surface area contributed by atoms with Crippen molar-refractivity contribution in [3.05, 3.63) is 22.6 Å². The van der Waals surface area contributed by atoms with Crippen LogP contribution in [0.5, 0.6) is 0 Å². The van der Waals surface area contributed by atoms with Crippen LogP contribution in [-0.2, 0) is 0 Å². The summed E-state index contributed by atoms with van der Waals surface area (Å²) in [5.74, 6) is 2.38. The van der Waals surface area contributed by atoms with Crippen molar-refractivity contribution in [2.75, 3.05) is 13.1 Å². The summed E-state index contributed by atoms with van der Waals surface area (Å²) in [6.07, 6.45) is 5.62. The van der Waals surface area contributed by atoms with Crippen molar-refractivity contribution in [2.24, 2.45) is 11.3 Å². The fraction of sp³-hybridized carbons (Fsp3) is 0.733. The largest absolute Gasteiger partial charge is 0.468 e. The number of furan rings is 1. The van der Waals surface area contributed by atoms with Crippen LogP contribution >= 0.6 is 15.9 Å². The van der Waals surface area contributed by atoms with Crippen molar-refractivity contribution in [3.8, 4) is 0 Å². The van der Waals surface area contributed by atoms with Gasteiger partial charge in [-0.05, 0) is 65.7 Å². The van der Waals surface area contributed by atoms with Gasteiger partial charge in [-0.3, -0.25) is 0 Å². The Balaban J connectivity index is 2.17. The molecule has 18 heavy (non-hydrogen) atoms. The molecule has 0 amide bonds. The van der Waals surface area contributed by atoms with E-state index in [1.165, 1.54) is 19.3 Å². The van der Waals surface area contributed by atoms with Gasteiger partial charge < -0.3 is 9.73 Å². The van der Waals surface area contributed by atoms with Gasteiger partial charge >= 0.3 is 0 Å². The van der Waals surface area contributed by atoms with Gasteiger partial charge in [0, 0.05) is 5.92 Å². The van der Waals surface area contributed by atoms with Crippen LogP contribution in [0.3, 0.4) is 0 Å². The van der Waals surface area contributed by atoms with Crippen molar-refractivity contribution < 1.29 is 4.42 Å². The van der Waals surface area contributed by atoms with Gasteiger partial charge in [0.15, 0.2) is 0 Å². The van der Waals surface area contributed by atoms with E-state index in [4.69, 9.17) is 4.42 Å². The lowest BCUT2D eigenvalue weighted by Crippen LogP contribution is -2.34. The molecule has 1 aliphatic rings. The lowest BCUT2D eigenvalue weighted by atomic mass is 9.66. The van der Waals surface area contributed by atoms with Gasteiger partial charge in [-0.15, -0.1) is 0 Å². The molecule has 1 fully saturated rings. The first-order valence-corrected chi connectivity index (χ1v) is 7.76. The fourth-order valence-electron chi connectivity index (χ4n) is 3.09. The Morgan fingerprint density at radius 2 is 2.28 bits per heavy atom. The second kappa shape index (κ2) is 5.79. The zero-order valence-corrected chi connectivity index (χ0v) is 13.2. The van der Waals surface area contributed by atoms with Crippen molar-refractivity contribution in [1.29, 1.82) is 0 Å². The van der Waals surface area contributed by atoms with Crippen LogP contribution in [-0.4, -0.2) is 13.1 Å². The molecule has 0 spiro atoms. The Hall–Kier alpha value is -0.280. The summed E-state index contributed by atoms with van der Waals surface area (Å²) >= 11 is 3.62. The summed E-state index contributed by atoms with van der Waals surface area (Å²) in [5.41, 5.74) is 0.430. The Kier molecular flexibility index (Phi) is 4.54. The van der Waals surface area contributed by atoms with Crippen LogP contribution in [0.25, 0.3) is 0 Å². The first-order valence-electron chi connectivity index (χ1n) is 6.97. The average Bonchev–Trinajstić information content (AvgIpc) is 2.73. The molecule has 2 unspecified atom stereocenters. The number of hydrogen-bond donors (Lipinski definition) is 1. The zero-order chi connectivity index (χ0) is 13.2. The summed E-state index contributed by atoms with van der Waals surface area (Å²) in [6.45, 7) is 9.07. The average molecular weight is 314 g/mol. The molecule has 0 aromatic carbocycles. The Morgan fingerprint density at radius 1 is 1.50 bits per heavy atom. The van der Waals surface area contributed by atoms with Crippen molar-refractivity contribution in [2.45, 2.75) is 46.0 Å². The molecule has 3 heteroatoms. The maximum atomic E-state index is 5.73. The smallest absolute Gasteiger partial charge is 0.121 e. The summed E-state index contributed by atoms with van der Waals surface area (Å²) in [5, 5.41) is 3.50. The molecule has 0 saturated heterocycles. The molecule has 2 rings (SSSR count). The van der Waals surface area contributed by atoms with E-state index >= 15 is 0 Å². The van der Waals surface area contributed by atoms with Crippen LogP contribution in [0.1, 0.15) is 51.7 Å². The molecule has 1 heterocycles. The fourth-order valence-corrected chi connectivity index (χ4v) is 3.59. The van der Waals surface area contributed by atoms with Crippen LogP contribution in [0.4, 0.5) is 0 Å². The van der Waals surface area contributed by atoms with Gasteiger partial charge in [0.1, 0.15) is 5.76 Å². The van der Waals surface area contributed by atoms with E-state index in [9.17, 15) is 0 Å². The van der Waals surface area contributed by atoms with E-state index in [1.807, 2.05) is 6.07 Å². The highest BCUT2D eigenvalue weighted by Gasteiger charge is 2.37. The van der Waals surface area contributed by atoms with Crippen LogP contribution in [0.15, 0.2) is 21.2 Å². The van der Waals surface area contributed by atoms with Gasteiger partial charge in [0.2, 0.25) is 0 Å². The summed E-state index contributed by atoms with van der Waals surface area (Å²) in [6, 6.07) is 2.02. The monoisotopic (exact) mass is 313 g/mol. The van der Waals surface area contributed by atoms with E-state index in [2.05, 4.69) is 42.0 Å². The Morgan fingerprint density at radius 3 is 2.89 bits per heavy atom. The summed E-state index contributed by atoms with van der Waals surface area (Å²) in [4.78, 5) is 0. The minimum Gasteiger partial charge on any atom is -0.468 e. The number of halogens is 1. The highest BCUT2D eigenvalue weighted by atomic mass is 79.9. The molecular weight excluding hydrogens is 290 g/mol. The van der Waals surface area contributed by atoms with Gasteiger partial charge in [-0.25, -0.2) is 0 Å². The zero-order valence-electron chi connectivity index (χ0n) is 11.6. The Labute approximate surface area is 119 Å². The molecule has 2 nitrogen and oxygen atoms in total. The third kappa shape index (κ3) is 3.18. The quantitative estimate of drug-likeness (QED) is 0.881. The molecule has 1 N–H and O–H groups in total. The van der Waals surface area contributed by atoms with E-state index in [1.54, 1.807) is 6.26 Å². The van der Waals surface area contributed by atoms with Crippen LogP contribution < -0.4 is 5.32 Å². The number of hydrogen-bond acceptors (Lipinski definition) is 2. The summed E-state index contributed by atoms with van der Waals surface area (Å²) in [7, 11) is 0. The van der Waals surface area contributed by atoms with Crippen LogP contribution in [0, 0.1) is 11.3 Å². The first kappa shape index (κ1) is 14.1. The Bertz CT molecular complexity index is 386. The highest BCUT2D eigenvalue weighted by Crippen LogP contribution is 2.48. The topological polar surface area (TPSA) is 25.2 Å². The minimum absolute atomic E-state index is 0.430. The molecular formula is C15H24BrNO. The predicted molar refractivity (Wildman–Crippen MR) is 78.8 cm³/mol. The lowest BCUT2D eigenvalue weighted by Gasteiger charge is -2.40. The van der Waals surface area contributed by atoms with E-state index < -0.39 is 0 Å². The van der Waals surface area contributed by atoms with Crippen LogP contribution in [0.2, 0.25) is 0 Å². The maximum Gasteiger partial charge on any atom is 0.121 e. The SMILES string of the molecule is CCNCC1CCC(C)(C)CC1c1occc1Br. The van der Waals surface area contributed by atoms with Gasteiger partial charge in [0.25, 0.3) is 0 Å². The maximum absolute atomic E-state index is 5.73. The number of nitrogens with one attached hydrogen (secondary N) is 1. The molecule has 0 aliphatic heterocycles. The standard InChI is InChI=1S/C15H24BrNO/c1-4-17-10-11-5-7-15(2,3)9-12(11)14-13(16)6-8-18-14/h6,8,11-12,17H,4-5,7,9-10H2,1-3H3. The third-order valence-electron chi connectivity index (χ3n) is 4.17. The van der Waals surface area contributed by atoms with Gasteiger partial charge in [-0.1, -0.05) is 20.8 Å². The molecule has 0 bridgehead atoms. The molecule has 1 aromatic rings. The van der Waals surface area contributed by atoms with Gasteiger partial charge in [0.05, 0.1) is 10.7 Å². The second-order valence-electron chi connectivity index (χ2n) is 6.21. The third-order valence-corrected chi connectivity index (χ3v) is 4.83.